The van der Waals surface area contributed by atoms with Crippen LogP contribution in [0, 0.1) is 0 Å². The molecule has 2 aromatic heterocycles. The highest BCUT2D eigenvalue weighted by Crippen LogP contribution is 2.36. The molecule has 0 spiro atoms. The lowest BCUT2D eigenvalue weighted by molar-refractivity contribution is 0.611. The molecule has 40 heavy (non-hydrogen) atoms. The number of aryl methyl sites for hydroxylation is 2. The van der Waals surface area contributed by atoms with Gasteiger partial charge in [0.1, 0.15) is 11.2 Å². The maximum Gasteiger partial charge on any atom is 0.142 e. The van der Waals surface area contributed by atoms with Crippen LogP contribution in [0.4, 0.5) is 0 Å². The largest absolute Gasteiger partial charge is 0.464 e. The Kier molecular flexibility index (Phi) is 9.74. The molecule has 0 saturated carbocycles. The van der Waals surface area contributed by atoms with E-state index >= 15 is 0 Å². The molecule has 0 atom stereocenters. The molecule has 0 N–H and O–H groups in total. The molecule has 0 aliphatic rings. The first kappa shape index (κ1) is 27.8. The fraction of sp³-hybridized carbons (Fsp3) is 0.316. The molecular weight excluding hydrogens is 488 g/mol. The number of fused-ring (bicyclic) bond motifs is 2. The molecule has 3 aromatic carbocycles. The monoisotopic (exact) mass is 530 g/mol. The van der Waals surface area contributed by atoms with Crippen molar-refractivity contribution in [1.82, 2.24) is 0 Å². The van der Waals surface area contributed by atoms with E-state index < -0.39 is 0 Å². The van der Waals surface area contributed by atoms with Crippen LogP contribution in [-0.2, 0) is 12.8 Å². The first-order chi connectivity index (χ1) is 19.8. The van der Waals surface area contributed by atoms with Crippen molar-refractivity contribution in [3.8, 4) is 0 Å². The van der Waals surface area contributed by atoms with E-state index in [1.165, 1.54) is 73.6 Å². The molecule has 0 bridgehead atoms. The number of furan rings is 2. The molecule has 0 aliphatic carbocycles. The van der Waals surface area contributed by atoms with Gasteiger partial charge in [0, 0.05) is 21.9 Å². The van der Waals surface area contributed by atoms with Crippen LogP contribution < -0.4 is 0 Å². The Bertz CT molecular complexity index is 1380. The summed E-state index contributed by atoms with van der Waals surface area (Å²) >= 11 is 0. The predicted molar refractivity (Wildman–Crippen MR) is 172 cm³/mol. The third-order valence-corrected chi connectivity index (χ3v) is 7.88. The van der Waals surface area contributed by atoms with Crippen molar-refractivity contribution in [3.63, 3.8) is 0 Å². The summed E-state index contributed by atoms with van der Waals surface area (Å²) in [6.45, 7) is 4.52. The Morgan fingerprint density at radius 2 is 0.900 bits per heavy atom. The first-order valence-corrected chi connectivity index (χ1v) is 15.2. The van der Waals surface area contributed by atoms with Gasteiger partial charge >= 0.3 is 0 Å². The molecule has 0 fully saturated rings. The topological polar surface area (TPSA) is 26.3 Å². The number of hydrogen-bond acceptors (Lipinski definition) is 2. The molecule has 2 heteroatoms. The van der Waals surface area contributed by atoms with Crippen LogP contribution in [0.1, 0.15) is 98.6 Å². The second-order valence-corrected chi connectivity index (χ2v) is 10.9. The van der Waals surface area contributed by atoms with Crippen LogP contribution in [-0.4, -0.2) is 0 Å². The van der Waals surface area contributed by atoms with Crippen LogP contribution in [0.3, 0.4) is 0 Å². The van der Waals surface area contributed by atoms with E-state index in [0.29, 0.717) is 0 Å². The van der Waals surface area contributed by atoms with E-state index in [1.807, 2.05) is 12.1 Å². The SMILES string of the molecule is CCCCCCc1ccc(C=Cc2c3ccoc3c(C=Cc3ccc(CCCCCC)cc3)c3ccoc23)cc1. The molecule has 2 nitrogen and oxygen atoms in total. The summed E-state index contributed by atoms with van der Waals surface area (Å²) in [5, 5.41) is 2.13. The van der Waals surface area contributed by atoms with Gasteiger partial charge in [-0.25, -0.2) is 0 Å². The summed E-state index contributed by atoms with van der Waals surface area (Å²) in [7, 11) is 0. The van der Waals surface area contributed by atoms with E-state index in [9.17, 15) is 0 Å². The van der Waals surface area contributed by atoms with Gasteiger partial charge in [-0.15, -0.1) is 0 Å². The van der Waals surface area contributed by atoms with Crippen molar-refractivity contribution >= 4 is 46.2 Å². The quantitative estimate of drug-likeness (QED) is 0.105. The van der Waals surface area contributed by atoms with Gasteiger partial charge in [0.25, 0.3) is 0 Å². The van der Waals surface area contributed by atoms with Gasteiger partial charge in [0.05, 0.1) is 12.5 Å². The summed E-state index contributed by atoms with van der Waals surface area (Å²) in [6.07, 6.45) is 24.9. The highest BCUT2D eigenvalue weighted by molar-refractivity contribution is 6.10. The van der Waals surface area contributed by atoms with E-state index in [1.54, 1.807) is 12.5 Å². The molecule has 206 valence electrons. The lowest BCUT2D eigenvalue weighted by Crippen LogP contribution is -1.86. The second kappa shape index (κ2) is 14.0. The summed E-state index contributed by atoms with van der Waals surface area (Å²) in [4.78, 5) is 0. The maximum absolute atomic E-state index is 6.03. The summed E-state index contributed by atoms with van der Waals surface area (Å²) in [5.41, 5.74) is 9.08. The van der Waals surface area contributed by atoms with E-state index in [2.05, 4.69) is 86.7 Å². The van der Waals surface area contributed by atoms with Crippen LogP contribution in [0.15, 0.2) is 82.0 Å². The average molecular weight is 531 g/mol. The zero-order chi connectivity index (χ0) is 27.6. The van der Waals surface area contributed by atoms with Gasteiger partial charge in [0.15, 0.2) is 0 Å². The van der Waals surface area contributed by atoms with Gasteiger partial charge in [-0.1, -0.05) is 113 Å². The van der Waals surface area contributed by atoms with E-state index in [0.717, 1.165) is 45.9 Å². The number of hydrogen-bond donors (Lipinski definition) is 0. The minimum Gasteiger partial charge on any atom is -0.464 e. The molecule has 0 unspecified atom stereocenters. The third kappa shape index (κ3) is 6.86. The summed E-state index contributed by atoms with van der Waals surface area (Å²) in [5.74, 6) is 0. The lowest BCUT2D eigenvalue weighted by Gasteiger charge is -2.05. The highest BCUT2D eigenvalue weighted by atomic mass is 16.3. The van der Waals surface area contributed by atoms with Crippen LogP contribution >= 0.6 is 0 Å². The standard InChI is InChI=1S/C38H42O2/c1-3-5-7-9-11-29-13-17-31(18-14-29)21-23-33-35-25-27-40-38(35)34(36-26-28-39-37(33)36)24-22-32-19-15-30(16-20-32)12-10-8-6-4-2/h13-28H,3-12H2,1-2H3. The van der Waals surface area contributed by atoms with Crippen LogP contribution in [0.25, 0.3) is 46.2 Å². The fourth-order valence-electron chi connectivity index (χ4n) is 5.50. The van der Waals surface area contributed by atoms with Gasteiger partial charge in [0.2, 0.25) is 0 Å². The van der Waals surface area contributed by atoms with Gasteiger partial charge in [-0.2, -0.15) is 0 Å². The van der Waals surface area contributed by atoms with Crippen LogP contribution in [0.2, 0.25) is 0 Å². The molecule has 2 heterocycles. The maximum atomic E-state index is 6.03. The zero-order valence-corrected chi connectivity index (χ0v) is 24.1. The van der Waals surface area contributed by atoms with Crippen molar-refractivity contribution in [2.75, 3.05) is 0 Å². The molecule has 0 saturated heterocycles. The van der Waals surface area contributed by atoms with Gasteiger partial charge in [-0.05, 0) is 72.2 Å². The molecule has 0 radical (unpaired) electrons. The highest BCUT2D eigenvalue weighted by Gasteiger charge is 2.16. The molecular formula is C38H42O2. The normalized spacial score (nSPS) is 12.1. The lowest BCUT2D eigenvalue weighted by atomic mass is 9.99. The number of rotatable bonds is 14. The van der Waals surface area contributed by atoms with Crippen molar-refractivity contribution in [3.05, 3.63) is 107 Å². The first-order valence-electron chi connectivity index (χ1n) is 15.2. The zero-order valence-electron chi connectivity index (χ0n) is 24.1. The van der Waals surface area contributed by atoms with Gasteiger partial charge in [-0.3, -0.25) is 0 Å². The minimum atomic E-state index is 0.889. The Morgan fingerprint density at radius 3 is 1.30 bits per heavy atom. The molecule has 0 aliphatic heterocycles. The van der Waals surface area contributed by atoms with Crippen molar-refractivity contribution < 1.29 is 8.83 Å². The number of benzene rings is 3. The van der Waals surface area contributed by atoms with E-state index in [4.69, 9.17) is 8.83 Å². The average Bonchev–Trinajstić information content (AvgIpc) is 3.67. The van der Waals surface area contributed by atoms with Crippen molar-refractivity contribution in [2.45, 2.75) is 78.1 Å². The van der Waals surface area contributed by atoms with Crippen molar-refractivity contribution in [2.24, 2.45) is 0 Å². The molecule has 0 amide bonds. The Balaban J connectivity index is 1.35. The summed E-state index contributed by atoms with van der Waals surface area (Å²) in [6, 6.07) is 22.0. The summed E-state index contributed by atoms with van der Waals surface area (Å²) < 4.78 is 12.1. The Morgan fingerprint density at radius 1 is 0.475 bits per heavy atom. The molecule has 5 rings (SSSR count). The van der Waals surface area contributed by atoms with Crippen LogP contribution in [0.5, 0.6) is 0 Å². The van der Waals surface area contributed by atoms with Crippen molar-refractivity contribution in [1.29, 1.82) is 0 Å². The second-order valence-electron chi connectivity index (χ2n) is 10.9. The predicted octanol–water partition coefficient (Wildman–Crippen LogP) is 11.8. The fourth-order valence-corrected chi connectivity index (χ4v) is 5.50. The Labute approximate surface area is 239 Å². The Hall–Kier alpha value is -3.78. The molecule has 5 aromatic rings. The minimum absolute atomic E-state index is 0.889. The van der Waals surface area contributed by atoms with E-state index in [-0.39, 0.29) is 0 Å². The third-order valence-electron chi connectivity index (χ3n) is 7.88. The van der Waals surface area contributed by atoms with Gasteiger partial charge < -0.3 is 8.83 Å². The number of unbranched alkanes of at least 4 members (excludes halogenated alkanes) is 6. The smallest absolute Gasteiger partial charge is 0.142 e.